The molecule has 0 saturated carbocycles. The predicted molar refractivity (Wildman–Crippen MR) is 110 cm³/mol. The second-order valence-electron chi connectivity index (χ2n) is 6.92. The molecule has 1 aliphatic heterocycles. The van der Waals surface area contributed by atoms with Crippen LogP contribution in [0.25, 0.3) is 11.3 Å². The number of nitrogens with zero attached hydrogens (tertiary/aromatic N) is 1. The molecule has 0 radical (unpaired) electrons. The first-order valence-electron chi connectivity index (χ1n) is 9.78. The van der Waals surface area contributed by atoms with E-state index in [-0.39, 0.29) is 29.5 Å². The summed E-state index contributed by atoms with van der Waals surface area (Å²) in [6.07, 6.45) is -0.0421. The molecule has 0 fully saturated rings. The number of carbonyl (C=O) groups excluding carboxylic acids is 2. The van der Waals surface area contributed by atoms with Crippen molar-refractivity contribution in [1.29, 1.82) is 0 Å². The van der Waals surface area contributed by atoms with Crippen molar-refractivity contribution in [2.45, 2.75) is 19.4 Å². The third-order valence-electron chi connectivity index (χ3n) is 4.82. The molecule has 2 amide bonds. The fourth-order valence-corrected chi connectivity index (χ4v) is 3.32. The van der Waals surface area contributed by atoms with Gasteiger partial charge in [-0.05, 0) is 42.8 Å². The van der Waals surface area contributed by atoms with E-state index in [9.17, 15) is 14.0 Å². The van der Waals surface area contributed by atoms with E-state index in [0.717, 1.165) is 6.42 Å². The van der Waals surface area contributed by atoms with Crippen LogP contribution >= 0.6 is 0 Å². The van der Waals surface area contributed by atoms with Gasteiger partial charge in [0.25, 0.3) is 11.8 Å². The Labute approximate surface area is 173 Å². The second-order valence-corrected chi connectivity index (χ2v) is 6.92. The Morgan fingerprint density at radius 3 is 2.67 bits per heavy atom. The van der Waals surface area contributed by atoms with Gasteiger partial charge in [0, 0.05) is 6.54 Å². The quantitative estimate of drug-likeness (QED) is 0.692. The summed E-state index contributed by atoms with van der Waals surface area (Å²) in [4.78, 5) is 27.1. The number of benzene rings is 2. The second kappa shape index (κ2) is 8.41. The van der Waals surface area contributed by atoms with Gasteiger partial charge in [-0.3, -0.25) is 14.5 Å². The molecule has 1 atom stereocenters. The van der Waals surface area contributed by atoms with E-state index in [1.54, 1.807) is 48.5 Å². The van der Waals surface area contributed by atoms with E-state index in [2.05, 4.69) is 5.32 Å². The first-order valence-corrected chi connectivity index (χ1v) is 9.78. The molecule has 0 spiro atoms. The number of carbonyl (C=O) groups is 2. The number of rotatable bonds is 5. The Kier molecular flexibility index (Phi) is 5.52. The minimum Gasteiger partial charge on any atom is -0.477 e. The lowest BCUT2D eigenvalue weighted by molar-refractivity contribution is -0.127. The Hall–Kier alpha value is -3.61. The number of hydrogen-bond donors (Lipinski definition) is 1. The molecule has 1 aliphatic rings. The van der Waals surface area contributed by atoms with Crippen molar-refractivity contribution >= 4 is 17.5 Å². The molecule has 0 bridgehead atoms. The summed E-state index contributed by atoms with van der Waals surface area (Å²) in [6, 6.07) is 16.3. The number of furan rings is 1. The summed E-state index contributed by atoms with van der Waals surface area (Å²) in [5.41, 5.74) is 0.821. The minimum absolute atomic E-state index is 0.0428. The fourth-order valence-electron chi connectivity index (χ4n) is 3.32. The van der Waals surface area contributed by atoms with Gasteiger partial charge in [-0.15, -0.1) is 0 Å². The molecular weight excluding hydrogens is 387 g/mol. The highest BCUT2D eigenvalue weighted by Crippen LogP contribution is 2.35. The number of hydrogen-bond acceptors (Lipinski definition) is 4. The molecule has 6 nitrogen and oxygen atoms in total. The third-order valence-corrected chi connectivity index (χ3v) is 4.82. The van der Waals surface area contributed by atoms with E-state index < -0.39 is 17.8 Å². The number of fused-ring (bicyclic) bond motifs is 1. The fraction of sp³-hybridized carbons (Fsp3) is 0.217. The number of ether oxygens (including phenoxy) is 1. The van der Waals surface area contributed by atoms with Gasteiger partial charge in [0.15, 0.2) is 11.9 Å². The van der Waals surface area contributed by atoms with E-state index in [1.807, 2.05) is 6.92 Å². The lowest BCUT2D eigenvalue weighted by atomic mass is 10.1. The van der Waals surface area contributed by atoms with Gasteiger partial charge in [0.2, 0.25) is 0 Å². The normalized spacial score (nSPS) is 15.3. The molecule has 1 unspecified atom stereocenters. The van der Waals surface area contributed by atoms with Gasteiger partial charge in [0.05, 0.1) is 17.8 Å². The van der Waals surface area contributed by atoms with Crippen LogP contribution in [0.2, 0.25) is 0 Å². The molecule has 154 valence electrons. The molecule has 7 heteroatoms. The topological polar surface area (TPSA) is 71.8 Å². The average Bonchev–Trinajstić information content (AvgIpc) is 3.26. The lowest BCUT2D eigenvalue weighted by Crippen LogP contribution is -2.50. The highest BCUT2D eigenvalue weighted by Gasteiger charge is 2.35. The van der Waals surface area contributed by atoms with Crippen LogP contribution < -0.4 is 15.0 Å². The van der Waals surface area contributed by atoms with E-state index in [0.29, 0.717) is 18.0 Å². The van der Waals surface area contributed by atoms with Gasteiger partial charge in [0.1, 0.15) is 17.3 Å². The lowest BCUT2D eigenvalue weighted by Gasteiger charge is -2.33. The molecule has 1 N–H and O–H groups in total. The largest absolute Gasteiger partial charge is 0.477 e. The van der Waals surface area contributed by atoms with Gasteiger partial charge in [-0.2, -0.15) is 0 Å². The maximum Gasteiger partial charge on any atom is 0.294 e. The van der Waals surface area contributed by atoms with Crippen LogP contribution in [0.1, 0.15) is 23.9 Å². The SMILES string of the molecule is CCCNC(=O)C1CN(C(=O)c2ccc(-c3ccccc3F)o2)c2ccccc2O1. The van der Waals surface area contributed by atoms with E-state index in [4.69, 9.17) is 9.15 Å². The number of anilines is 1. The zero-order valence-corrected chi connectivity index (χ0v) is 16.4. The zero-order valence-electron chi connectivity index (χ0n) is 16.4. The van der Waals surface area contributed by atoms with Crippen LogP contribution in [0.15, 0.2) is 65.1 Å². The van der Waals surface area contributed by atoms with Crippen molar-refractivity contribution in [3.05, 3.63) is 72.2 Å². The highest BCUT2D eigenvalue weighted by molar-refractivity contribution is 6.06. The van der Waals surface area contributed by atoms with Crippen LogP contribution in [-0.4, -0.2) is 31.0 Å². The molecule has 30 heavy (non-hydrogen) atoms. The van der Waals surface area contributed by atoms with E-state index >= 15 is 0 Å². The van der Waals surface area contributed by atoms with Crippen molar-refractivity contribution in [1.82, 2.24) is 5.32 Å². The summed E-state index contributed by atoms with van der Waals surface area (Å²) in [7, 11) is 0. The van der Waals surface area contributed by atoms with Crippen molar-refractivity contribution < 1.29 is 23.1 Å². The zero-order chi connectivity index (χ0) is 21.1. The first kappa shape index (κ1) is 19.7. The monoisotopic (exact) mass is 408 g/mol. The first-order chi connectivity index (χ1) is 14.6. The van der Waals surface area contributed by atoms with Crippen molar-refractivity contribution in [2.24, 2.45) is 0 Å². The molecule has 2 heterocycles. The number of halogens is 1. The molecule has 2 aromatic carbocycles. The third kappa shape index (κ3) is 3.78. The number of para-hydroxylation sites is 2. The Morgan fingerprint density at radius 2 is 1.87 bits per heavy atom. The average molecular weight is 408 g/mol. The Morgan fingerprint density at radius 1 is 1.10 bits per heavy atom. The van der Waals surface area contributed by atoms with Crippen LogP contribution in [-0.2, 0) is 4.79 Å². The van der Waals surface area contributed by atoms with Crippen LogP contribution in [0.4, 0.5) is 10.1 Å². The van der Waals surface area contributed by atoms with Crippen LogP contribution in [0, 0.1) is 5.82 Å². The summed E-state index contributed by atoms with van der Waals surface area (Å²) < 4.78 is 25.5. The number of amides is 2. The van der Waals surface area contributed by atoms with Crippen molar-refractivity contribution in [3.63, 3.8) is 0 Å². The van der Waals surface area contributed by atoms with Crippen LogP contribution in [0.3, 0.4) is 0 Å². The maximum absolute atomic E-state index is 14.1. The molecule has 4 rings (SSSR count). The standard InChI is InChI=1S/C23H21FN2O4/c1-2-13-25-22(27)21-14-26(17-9-5-6-10-19(17)30-21)23(28)20-12-11-18(29-20)15-7-3-4-8-16(15)24/h3-12,21H,2,13-14H2,1H3,(H,25,27). The van der Waals surface area contributed by atoms with Gasteiger partial charge in [-0.1, -0.05) is 31.2 Å². The van der Waals surface area contributed by atoms with Gasteiger partial charge >= 0.3 is 0 Å². The molecular formula is C23H21FN2O4. The summed E-state index contributed by atoms with van der Waals surface area (Å²) in [6.45, 7) is 2.52. The maximum atomic E-state index is 14.1. The van der Waals surface area contributed by atoms with Gasteiger partial charge in [-0.25, -0.2) is 4.39 Å². The minimum atomic E-state index is -0.837. The molecule has 0 aliphatic carbocycles. The van der Waals surface area contributed by atoms with Crippen LogP contribution in [0.5, 0.6) is 5.75 Å². The molecule has 1 aromatic heterocycles. The van der Waals surface area contributed by atoms with Gasteiger partial charge < -0.3 is 14.5 Å². The number of nitrogens with one attached hydrogen (secondary N) is 1. The summed E-state index contributed by atoms with van der Waals surface area (Å²) in [5.74, 6) is -0.393. The van der Waals surface area contributed by atoms with Crippen molar-refractivity contribution in [2.75, 3.05) is 18.0 Å². The predicted octanol–water partition coefficient (Wildman–Crippen LogP) is 4.02. The Balaban J connectivity index is 1.63. The smallest absolute Gasteiger partial charge is 0.294 e. The molecule has 0 saturated heterocycles. The van der Waals surface area contributed by atoms with E-state index in [1.165, 1.54) is 17.0 Å². The Bertz CT molecular complexity index is 1080. The highest BCUT2D eigenvalue weighted by atomic mass is 19.1. The van der Waals surface area contributed by atoms with Crippen molar-refractivity contribution in [3.8, 4) is 17.1 Å². The molecule has 3 aromatic rings. The summed E-state index contributed by atoms with van der Waals surface area (Å²) >= 11 is 0. The summed E-state index contributed by atoms with van der Waals surface area (Å²) in [5, 5.41) is 2.80.